The van der Waals surface area contributed by atoms with E-state index in [4.69, 9.17) is 0 Å². The number of hydrogen-bond acceptors (Lipinski definition) is 4. The molecule has 0 unspecified atom stereocenters. The first-order chi connectivity index (χ1) is 15.7. The number of anilines is 2. The summed E-state index contributed by atoms with van der Waals surface area (Å²) in [6.07, 6.45) is -1.26. The van der Waals surface area contributed by atoms with E-state index in [1.807, 2.05) is 19.1 Å². The zero-order valence-electron chi connectivity index (χ0n) is 17.1. The highest BCUT2D eigenvalue weighted by atomic mass is 32.1. The molecule has 0 fully saturated rings. The van der Waals surface area contributed by atoms with Crippen LogP contribution in [0.5, 0.6) is 0 Å². The van der Waals surface area contributed by atoms with Gasteiger partial charge in [0.05, 0.1) is 26.8 Å². The Morgan fingerprint density at radius 2 is 1.73 bits per heavy atom. The maximum absolute atomic E-state index is 14.4. The summed E-state index contributed by atoms with van der Waals surface area (Å²) in [5.74, 6) is -0.690. The van der Waals surface area contributed by atoms with Crippen LogP contribution in [-0.2, 0) is 6.18 Å². The van der Waals surface area contributed by atoms with E-state index in [9.17, 15) is 22.4 Å². The van der Waals surface area contributed by atoms with Crippen molar-refractivity contribution in [2.45, 2.75) is 13.1 Å². The summed E-state index contributed by atoms with van der Waals surface area (Å²) >= 11 is 1.41. The number of halogens is 4. The number of nitrogens with one attached hydrogen (secondary N) is 2. The van der Waals surface area contributed by atoms with Crippen LogP contribution >= 0.6 is 11.3 Å². The van der Waals surface area contributed by atoms with E-state index < -0.39 is 23.6 Å². The molecule has 33 heavy (non-hydrogen) atoms. The van der Waals surface area contributed by atoms with Gasteiger partial charge in [-0.05, 0) is 55.0 Å². The highest BCUT2D eigenvalue weighted by Crippen LogP contribution is 2.38. The van der Waals surface area contributed by atoms with Crippen molar-refractivity contribution in [2.24, 2.45) is 0 Å². The van der Waals surface area contributed by atoms with Crippen LogP contribution < -0.4 is 10.6 Å². The molecule has 10 heteroatoms. The van der Waals surface area contributed by atoms with Gasteiger partial charge in [0.25, 0.3) is 0 Å². The molecule has 2 aromatic heterocycles. The van der Waals surface area contributed by atoms with Crippen LogP contribution in [0.3, 0.4) is 0 Å². The number of nitrogens with zero attached hydrogens (tertiary/aromatic N) is 2. The average Bonchev–Trinajstić information content (AvgIpc) is 3.17. The minimum Gasteiger partial charge on any atom is -0.308 e. The van der Waals surface area contributed by atoms with Gasteiger partial charge in [-0.25, -0.2) is 14.2 Å². The second-order valence-electron chi connectivity index (χ2n) is 7.00. The number of urea groups is 1. The SMILES string of the molecule is Cc1nc(-c2ccncc2)c(-c2ccc(F)c(NC(=O)Nc3cccc(C(F)(F)F)c3)c2)s1. The van der Waals surface area contributed by atoms with Crippen molar-refractivity contribution in [3.63, 3.8) is 0 Å². The number of amides is 2. The first-order valence-electron chi connectivity index (χ1n) is 9.64. The molecule has 2 aromatic carbocycles. The monoisotopic (exact) mass is 472 g/mol. The Kier molecular flexibility index (Phi) is 6.10. The fraction of sp³-hybridized carbons (Fsp3) is 0.0870. The van der Waals surface area contributed by atoms with Crippen molar-refractivity contribution in [1.29, 1.82) is 0 Å². The fourth-order valence-electron chi connectivity index (χ4n) is 3.15. The van der Waals surface area contributed by atoms with E-state index in [0.29, 0.717) is 11.3 Å². The predicted molar refractivity (Wildman–Crippen MR) is 120 cm³/mol. The number of carbonyl (C=O) groups is 1. The normalized spacial score (nSPS) is 11.3. The van der Waals surface area contributed by atoms with Crippen molar-refractivity contribution >= 4 is 28.7 Å². The highest BCUT2D eigenvalue weighted by molar-refractivity contribution is 7.15. The minimum absolute atomic E-state index is 0.0723. The van der Waals surface area contributed by atoms with E-state index in [-0.39, 0.29) is 11.4 Å². The van der Waals surface area contributed by atoms with Gasteiger partial charge in [0, 0.05) is 23.6 Å². The molecule has 168 valence electrons. The Balaban J connectivity index is 1.59. The van der Waals surface area contributed by atoms with E-state index >= 15 is 0 Å². The van der Waals surface area contributed by atoms with Gasteiger partial charge in [-0.15, -0.1) is 11.3 Å². The number of thiazole rings is 1. The lowest BCUT2D eigenvalue weighted by atomic mass is 10.1. The topological polar surface area (TPSA) is 66.9 Å². The van der Waals surface area contributed by atoms with Crippen LogP contribution in [0.15, 0.2) is 67.0 Å². The molecule has 0 atom stereocenters. The minimum atomic E-state index is -4.55. The van der Waals surface area contributed by atoms with E-state index in [0.717, 1.165) is 27.6 Å². The lowest BCUT2D eigenvalue weighted by molar-refractivity contribution is -0.137. The summed E-state index contributed by atoms with van der Waals surface area (Å²) in [5, 5.41) is 5.46. The molecule has 0 saturated carbocycles. The number of rotatable bonds is 4. The lowest BCUT2D eigenvalue weighted by Gasteiger charge is -2.12. The van der Waals surface area contributed by atoms with Gasteiger partial charge < -0.3 is 10.6 Å². The van der Waals surface area contributed by atoms with Gasteiger partial charge in [-0.1, -0.05) is 12.1 Å². The van der Waals surface area contributed by atoms with Gasteiger partial charge in [-0.3, -0.25) is 4.98 Å². The number of aromatic nitrogens is 2. The summed E-state index contributed by atoms with van der Waals surface area (Å²) in [7, 11) is 0. The van der Waals surface area contributed by atoms with Crippen LogP contribution in [-0.4, -0.2) is 16.0 Å². The van der Waals surface area contributed by atoms with Gasteiger partial charge >= 0.3 is 12.2 Å². The molecule has 0 aliphatic rings. The van der Waals surface area contributed by atoms with Crippen LogP contribution in [0, 0.1) is 12.7 Å². The third kappa shape index (κ3) is 5.17. The summed E-state index contributed by atoms with van der Waals surface area (Å²) in [6.45, 7) is 1.85. The number of aryl methyl sites for hydroxylation is 1. The van der Waals surface area contributed by atoms with Crippen LogP contribution in [0.1, 0.15) is 10.6 Å². The summed E-state index contributed by atoms with van der Waals surface area (Å²) in [6, 6.07) is 11.2. The van der Waals surface area contributed by atoms with E-state index in [1.54, 1.807) is 18.5 Å². The number of hydrogen-bond donors (Lipinski definition) is 2. The largest absolute Gasteiger partial charge is 0.416 e. The second kappa shape index (κ2) is 8.99. The van der Waals surface area contributed by atoms with Crippen LogP contribution in [0.4, 0.5) is 33.7 Å². The lowest BCUT2D eigenvalue weighted by Crippen LogP contribution is -2.20. The van der Waals surface area contributed by atoms with Crippen molar-refractivity contribution in [3.8, 4) is 21.7 Å². The van der Waals surface area contributed by atoms with Crippen LogP contribution in [0.25, 0.3) is 21.7 Å². The van der Waals surface area contributed by atoms with Crippen molar-refractivity contribution < 1.29 is 22.4 Å². The number of alkyl halides is 3. The van der Waals surface area contributed by atoms with E-state index in [1.165, 1.54) is 35.6 Å². The molecule has 0 aliphatic carbocycles. The first kappa shape index (κ1) is 22.4. The molecular formula is C23H16F4N4OS. The molecule has 5 nitrogen and oxygen atoms in total. The van der Waals surface area contributed by atoms with Crippen molar-refractivity contribution in [1.82, 2.24) is 9.97 Å². The average molecular weight is 472 g/mol. The summed E-state index contributed by atoms with van der Waals surface area (Å²) in [4.78, 5) is 21.7. The maximum Gasteiger partial charge on any atom is 0.416 e. The number of pyridine rings is 1. The molecule has 4 rings (SSSR count). The molecule has 0 radical (unpaired) electrons. The Morgan fingerprint density at radius 1 is 0.970 bits per heavy atom. The molecule has 2 amide bonds. The first-order valence-corrected chi connectivity index (χ1v) is 10.5. The molecule has 2 heterocycles. The third-order valence-corrected chi connectivity index (χ3v) is 5.63. The van der Waals surface area contributed by atoms with Crippen molar-refractivity contribution in [2.75, 3.05) is 10.6 Å². The standard InChI is InChI=1S/C23H16F4N4OS/c1-13-29-20(14-7-9-28-10-8-14)21(33-13)15-5-6-18(24)19(11-15)31-22(32)30-17-4-2-3-16(12-17)23(25,26)27/h2-12H,1H3,(H2,30,31,32). The third-order valence-electron chi connectivity index (χ3n) is 4.61. The van der Waals surface area contributed by atoms with Gasteiger partial charge in [0.15, 0.2) is 0 Å². The quantitative estimate of drug-likeness (QED) is 0.315. The Hall–Kier alpha value is -3.79. The summed E-state index contributed by atoms with van der Waals surface area (Å²) < 4.78 is 53.1. The molecule has 0 saturated heterocycles. The Morgan fingerprint density at radius 3 is 2.45 bits per heavy atom. The van der Waals surface area contributed by atoms with Gasteiger partial charge in [0.1, 0.15) is 5.82 Å². The smallest absolute Gasteiger partial charge is 0.308 e. The molecule has 4 aromatic rings. The van der Waals surface area contributed by atoms with Gasteiger partial charge in [0.2, 0.25) is 0 Å². The van der Waals surface area contributed by atoms with Crippen LogP contribution in [0.2, 0.25) is 0 Å². The zero-order valence-corrected chi connectivity index (χ0v) is 17.9. The molecule has 2 N–H and O–H groups in total. The Bertz CT molecular complexity index is 1310. The molecule has 0 bridgehead atoms. The number of carbonyl (C=O) groups excluding carboxylic acids is 1. The predicted octanol–water partition coefficient (Wildman–Crippen LogP) is 6.98. The Labute approximate surface area is 190 Å². The highest BCUT2D eigenvalue weighted by Gasteiger charge is 2.30. The fourth-order valence-corrected chi connectivity index (χ4v) is 4.09. The number of benzene rings is 2. The summed E-state index contributed by atoms with van der Waals surface area (Å²) in [5.41, 5.74) is 1.07. The zero-order chi connectivity index (χ0) is 23.6. The second-order valence-corrected chi connectivity index (χ2v) is 8.20. The van der Waals surface area contributed by atoms with Crippen molar-refractivity contribution in [3.05, 3.63) is 83.4 Å². The molecule has 0 aliphatic heterocycles. The van der Waals surface area contributed by atoms with E-state index in [2.05, 4.69) is 20.6 Å². The molecular weight excluding hydrogens is 456 g/mol. The van der Waals surface area contributed by atoms with Gasteiger partial charge in [-0.2, -0.15) is 13.2 Å². The maximum atomic E-state index is 14.4. The molecule has 0 spiro atoms.